The molecule has 0 fully saturated rings. The molecular weight excluding hydrogens is 256 g/mol. The molecule has 2 nitrogen and oxygen atoms in total. The van der Waals surface area contributed by atoms with Gasteiger partial charge in [-0.15, -0.1) is 0 Å². The predicted octanol–water partition coefficient (Wildman–Crippen LogP) is 4.41. The molecule has 3 heteroatoms. The van der Waals surface area contributed by atoms with E-state index in [4.69, 9.17) is 11.6 Å². The largest absolute Gasteiger partial charge is 0.310 e. The van der Waals surface area contributed by atoms with Crippen molar-refractivity contribution in [1.29, 1.82) is 0 Å². The number of benzene rings is 1. The SMILES string of the molecule is CC(C)CC(C)NCc1ccc(Cl)c2cccnc12. The van der Waals surface area contributed by atoms with Gasteiger partial charge in [-0.05, 0) is 43.0 Å². The van der Waals surface area contributed by atoms with Crippen molar-refractivity contribution in [3.8, 4) is 0 Å². The molecule has 1 atom stereocenters. The molecule has 0 aliphatic heterocycles. The van der Waals surface area contributed by atoms with Crippen LogP contribution in [0.1, 0.15) is 32.8 Å². The maximum absolute atomic E-state index is 6.20. The summed E-state index contributed by atoms with van der Waals surface area (Å²) in [6.45, 7) is 7.55. The number of hydrogen-bond donors (Lipinski definition) is 1. The van der Waals surface area contributed by atoms with Gasteiger partial charge in [0.15, 0.2) is 0 Å². The van der Waals surface area contributed by atoms with E-state index in [1.807, 2.05) is 24.4 Å². The van der Waals surface area contributed by atoms with Gasteiger partial charge in [0, 0.05) is 29.2 Å². The maximum Gasteiger partial charge on any atom is 0.0761 e. The average Bonchev–Trinajstić information content (AvgIpc) is 2.37. The third-order valence-corrected chi connectivity index (χ3v) is 3.60. The lowest BCUT2D eigenvalue weighted by Gasteiger charge is -2.16. The molecule has 102 valence electrons. The van der Waals surface area contributed by atoms with Crippen molar-refractivity contribution < 1.29 is 0 Å². The van der Waals surface area contributed by atoms with Crippen molar-refractivity contribution >= 4 is 22.5 Å². The van der Waals surface area contributed by atoms with Crippen molar-refractivity contribution in [1.82, 2.24) is 10.3 Å². The van der Waals surface area contributed by atoms with E-state index in [1.54, 1.807) is 0 Å². The quantitative estimate of drug-likeness (QED) is 0.875. The second-order valence-corrected chi connectivity index (χ2v) is 5.92. The molecule has 0 bridgehead atoms. The highest BCUT2D eigenvalue weighted by molar-refractivity contribution is 6.35. The lowest BCUT2D eigenvalue weighted by atomic mass is 10.0. The molecule has 0 saturated carbocycles. The van der Waals surface area contributed by atoms with Crippen molar-refractivity contribution in [3.63, 3.8) is 0 Å². The molecule has 1 aromatic heterocycles. The molecule has 0 aliphatic rings. The Morgan fingerprint density at radius 1 is 1.21 bits per heavy atom. The monoisotopic (exact) mass is 276 g/mol. The van der Waals surface area contributed by atoms with Crippen LogP contribution in [0.3, 0.4) is 0 Å². The summed E-state index contributed by atoms with van der Waals surface area (Å²) >= 11 is 6.20. The van der Waals surface area contributed by atoms with Gasteiger partial charge in [-0.1, -0.05) is 31.5 Å². The van der Waals surface area contributed by atoms with Crippen LogP contribution in [0.2, 0.25) is 5.02 Å². The molecule has 0 saturated heterocycles. The fourth-order valence-electron chi connectivity index (χ4n) is 2.41. The van der Waals surface area contributed by atoms with Gasteiger partial charge >= 0.3 is 0 Å². The average molecular weight is 277 g/mol. The number of fused-ring (bicyclic) bond motifs is 1. The third kappa shape index (κ3) is 3.68. The zero-order valence-electron chi connectivity index (χ0n) is 11.8. The van der Waals surface area contributed by atoms with Gasteiger partial charge in [-0.2, -0.15) is 0 Å². The summed E-state index contributed by atoms with van der Waals surface area (Å²) in [4.78, 5) is 4.46. The number of aromatic nitrogens is 1. The van der Waals surface area contributed by atoms with E-state index >= 15 is 0 Å². The summed E-state index contributed by atoms with van der Waals surface area (Å²) in [6.07, 6.45) is 3.00. The van der Waals surface area contributed by atoms with E-state index < -0.39 is 0 Å². The zero-order chi connectivity index (χ0) is 13.8. The summed E-state index contributed by atoms with van der Waals surface area (Å²) in [6, 6.07) is 8.47. The van der Waals surface area contributed by atoms with Crippen LogP contribution < -0.4 is 5.32 Å². The second kappa shape index (κ2) is 6.36. The van der Waals surface area contributed by atoms with E-state index in [9.17, 15) is 0 Å². The summed E-state index contributed by atoms with van der Waals surface area (Å²) in [7, 11) is 0. The molecule has 19 heavy (non-hydrogen) atoms. The fourth-order valence-corrected chi connectivity index (χ4v) is 2.63. The van der Waals surface area contributed by atoms with Crippen LogP contribution in [-0.2, 0) is 6.54 Å². The molecule has 2 rings (SSSR count). The fraction of sp³-hybridized carbons (Fsp3) is 0.438. The van der Waals surface area contributed by atoms with E-state index in [1.165, 1.54) is 12.0 Å². The smallest absolute Gasteiger partial charge is 0.0761 e. The summed E-state index contributed by atoms with van der Waals surface area (Å²) in [5, 5.41) is 5.35. The van der Waals surface area contributed by atoms with Gasteiger partial charge in [0.05, 0.1) is 5.52 Å². The van der Waals surface area contributed by atoms with Gasteiger partial charge in [0.25, 0.3) is 0 Å². The van der Waals surface area contributed by atoms with Crippen LogP contribution in [0.25, 0.3) is 10.9 Å². The molecular formula is C16H21ClN2. The van der Waals surface area contributed by atoms with Crippen molar-refractivity contribution in [2.24, 2.45) is 5.92 Å². The van der Waals surface area contributed by atoms with E-state index in [0.717, 1.165) is 22.5 Å². The molecule has 2 aromatic rings. The lowest BCUT2D eigenvalue weighted by Crippen LogP contribution is -2.27. The molecule has 0 amide bonds. The van der Waals surface area contributed by atoms with Gasteiger partial charge in [-0.3, -0.25) is 4.98 Å². The second-order valence-electron chi connectivity index (χ2n) is 5.52. The normalized spacial score (nSPS) is 13.1. The number of pyridine rings is 1. The Kier molecular flexibility index (Phi) is 4.78. The molecule has 1 N–H and O–H groups in total. The Hall–Kier alpha value is -1.12. The van der Waals surface area contributed by atoms with E-state index in [0.29, 0.717) is 12.0 Å². The minimum absolute atomic E-state index is 0.509. The van der Waals surface area contributed by atoms with Crippen LogP contribution in [0.15, 0.2) is 30.5 Å². The Balaban J connectivity index is 2.15. The lowest BCUT2D eigenvalue weighted by molar-refractivity contribution is 0.442. The van der Waals surface area contributed by atoms with Gasteiger partial charge in [-0.25, -0.2) is 0 Å². The third-order valence-electron chi connectivity index (χ3n) is 3.27. The van der Waals surface area contributed by atoms with Crippen molar-refractivity contribution in [2.45, 2.75) is 39.8 Å². The van der Waals surface area contributed by atoms with Gasteiger partial charge in [0.2, 0.25) is 0 Å². The number of rotatable bonds is 5. The first kappa shape index (κ1) is 14.3. The first-order chi connectivity index (χ1) is 9.08. The van der Waals surface area contributed by atoms with Crippen LogP contribution in [-0.4, -0.2) is 11.0 Å². The Morgan fingerprint density at radius 3 is 2.74 bits per heavy atom. The molecule has 1 aromatic carbocycles. The first-order valence-electron chi connectivity index (χ1n) is 6.83. The van der Waals surface area contributed by atoms with Crippen LogP contribution in [0, 0.1) is 5.92 Å². The molecule has 0 radical (unpaired) electrons. The van der Waals surface area contributed by atoms with Crippen LogP contribution in [0.5, 0.6) is 0 Å². The van der Waals surface area contributed by atoms with Crippen molar-refractivity contribution in [2.75, 3.05) is 0 Å². The minimum atomic E-state index is 0.509. The first-order valence-corrected chi connectivity index (χ1v) is 7.21. The highest BCUT2D eigenvalue weighted by atomic mass is 35.5. The molecule has 1 unspecified atom stereocenters. The number of hydrogen-bond acceptors (Lipinski definition) is 2. The molecule has 0 aliphatic carbocycles. The highest BCUT2D eigenvalue weighted by Gasteiger charge is 2.08. The van der Waals surface area contributed by atoms with E-state index in [2.05, 4.69) is 37.1 Å². The number of halogens is 1. The Labute approximate surface area is 120 Å². The summed E-state index contributed by atoms with van der Waals surface area (Å²) in [5.74, 6) is 0.711. The van der Waals surface area contributed by atoms with Gasteiger partial charge < -0.3 is 5.32 Å². The Bertz CT molecular complexity index is 551. The van der Waals surface area contributed by atoms with E-state index in [-0.39, 0.29) is 0 Å². The molecule has 1 heterocycles. The Morgan fingerprint density at radius 2 is 2.00 bits per heavy atom. The maximum atomic E-state index is 6.20. The predicted molar refractivity (Wildman–Crippen MR) is 82.5 cm³/mol. The standard InChI is InChI=1S/C16H21ClN2/c1-11(2)9-12(3)19-10-13-6-7-15(17)14-5-4-8-18-16(13)14/h4-8,11-12,19H,9-10H2,1-3H3. The molecule has 0 spiro atoms. The summed E-state index contributed by atoms with van der Waals surface area (Å²) in [5.41, 5.74) is 2.20. The zero-order valence-corrected chi connectivity index (χ0v) is 12.5. The number of nitrogens with one attached hydrogen (secondary N) is 1. The highest BCUT2D eigenvalue weighted by Crippen LogP contribution is 2.24. The van der Waals surface area contributed by atoms with Crippen LogP contribution in [0.4, 0.5) is 0 Å². The van der Waals surface area contributed by atoms with Crippen molar-refractivity contribution in [3.05, 3.63) is 41.0 Å². The van der Waals surface area contributed by atoms with Gasteiger partial charge in [0.1, 0.15) is 0 Å². The number of nitrogens with zero attached hydrogens (tertiary/aromatic N) is 1. The minimum Gasteiger partial charge on any atom is -0.310 e. The summed E-state index contributed by atoms with van der Waals surface area (Å²) < 4.78 is 0. The van der Waals surface area contributed by atoms with Crippen LogP contribution >= 0.6 is 11.6 Å². The topological polar surface area (TPSA) is 24.9 Å².